The van der Waals surface area contributed by atoms with Crippen molar-refractivity contribution in [2.45, 2.75) is 19.8 Å². The van der Waals surface area contributed by atoms with E-state index in [1.54, 1.807) is 54.0 Å². The van der Waals surface area contributed by atoms with Crippen LogP contribution in [0.1, 0.15) is 30.3 Å². The number of rotatable bonds is 6. The van der Waals surface area contributed by atoms with Crippen LogP contribution in [0.2, 0.25) is 5.02 Å². The number of nitrogens with zero attached hydrogens (tertiary/aromatic N) is 4. The molecule has 1 aromatic heterocycles. The molecule has 1 unspecified atom stereocenters. The molecule has 3 rings (SSSR count). The maximum atomic E-state index is 12.7. The van der Waals surface area contributed by atoms with Gasteiger partial charge in [0, 0.05) is 31.4 Å². The molecule has 0 radical (unpaired) electrons. The number of aromatic nitrogens is 2. The van der Waals surface area contributed by atoms with Crippen LogP contribution in [0.25, 0.3) is 5.69 Å². The first-order valence-electron chi connectivity index (χ1n) is 9.90. The predicted molar refractivity (Wildman–Crippen MR) is 111 cm³/mol. The first-order chi connectivity index (χ1) is 14.4. The molecule has 2 aromatic rings. The number of likely N-dealkylation sites (N-methyl/N-ethyl adjacent to an activating group) is 1. The van der Waals surface area contributed by atoms with Gasteiger partial charge in [-0.3, -0.25) is 14.4 Å². The summed E-state index contributed by atoms with van der Waals surface area (Å²) in [7, 11) is 1.56. The number of ether oxygens (including phenoxy) is 1. The van der Waals surface area contributed by atoms with Crippen molar-refractivity contribution in [3.05, 3.63) is 47.2 Å². The zero-order chi connectivity index (χ0) is 21.7. The van der Waals surface area contributed by atoms with Crippen molar-refractivity contribution in [1.82, 2.24) is 19.6 Å². The normalized spacial score (nSPS) is 16.2. The fraction of sp³-hybridized carbons (Fsp3) is 0.429. The largest absolute Gasteiger partial charge is 0.466 e. The van der Waals surface area contributed by atoms with Gasteiger partial charge in [-0.25, -0.2) is 4.68 Å². The minimum atomic E-state index is -0.358. The number of likely N-dealkylation sites (tertiary alicyclic amines) is 1. The third kappa shape index (κ3) is 5.18. The molecule has 1 atom stereocenters. The molecule has 0 spiro atoms. The van der Waals surface area contributed by atoms with Crippen LogP contribution >= 0.6 is 11.6 Å². The average Bonchev–Trinajstić information content (AvgIpc) is 3.23. The molecule has 1 aliphatic rings. The van der Waals surface area contributed by atoms with Crippen LogP contribution in [-0.4, -0.2) is 70.7 Å². The van der Waals surface area contributed by atoms with Gasteiger partial charge in [0.25, 0.3) is 5.91 Å². The van der Waals surface area contributed by atoms with Crippen molar-refractivity contribution in [1.29, 1.82) is 0 Å². The highest BCUT2D eigenvalue weighted by molar-refractivity contribution is 6.30. The number of carbonyl (C=O) groups is 3. The van der Waals surface area contributed by atoms with Gasteiger partial charge in [-0.15, -0.1) is 0 Å². The Morgan fingerprint density at radius 3 is 2.83 bits per heavy atom. The number of halogens is 1. The Hall–Kier alpha value is -2.87. The second-order valence-electron chi connectivity index (χ2n) is 7.22. The van der Waals surface area contributed by atoms with Crippen LogP contribution < -0.4 is 0 Å². The number of hydrogen-bond donors (Lipinski definition) is 0. The van der Waals surface area contributed by atoms with E-state index >= 15 is 0 Å². The van der Waals surface area contributed by atoms with E-state index in [1.165, 1.54) is 4.90 Å². The Balaban J connectivity index is 1.60. The minimum Gasteiger partial charge on any atom is -0.466 e. The monoisotopic (exact) mass is 432 g/mol. The first-order valence-corrected chi connectivity index (χ1v) is 10.3. The fourth-order valence-electron chi connectivity index (χ4n) is 3.43. The number of benzene rings is 1. The summed E-state index contributed by atoms with van der Waals surface area (Å²) in [5, 5.41) is 4.87. The number of esters is 1. The van der Waals surface area contributed by atoms with Crippen LogP contribution in [0.5, 0.6) is 0 Å². The molecule has 2 amide bonds. The third-order valence-corrected chi connectivity index (χ3v) is 5.23. The van der Waals surface area contributed by atoms with Crippen LogP contribution in [-0.2, 0) is 14.3 Å². The molecular formula is C21H25ClN4O4. The number of piperidine rings is 1. The van der Waals surface area contributed by atoms with Gasteiger partial charge in [-0.1, -0.05) is 17.7 Å². The summed E-state index contributed by atoms with van der Waals surface area (Å²) < 4.78 is 6.63. The van der Waals surface area contributed by atoms with Crippen molar-refractivity contribution >= 4 is 29.4 Å². The minimum absolute atomic E-state index is 0.0849. The zero-order valence-corrected chi connectivity index (χ0v) is 17.8. The van der Waals surface area contributed by atoms with Crippen LogP contribution in [0.15, 0.2) is 36.5 Å². The lowest BCUT2D eigenvalue weighted by Crippen LogP contribution is -2.47. The second kappa shape index (κ2) is 9.75. The van der Waals surface area contributed by atoms with Crippen molar-refractivity contribution in [2.24, 2.45) is 5.92 Å². The quantitative estimate of drug-likeness (QED) is 0.654. The van der Waals surface area contributed by atoms with E-state index in [9.17, 15) is 14.4 Å². The number of hydrogen-bond acceptors (Lipinski definition) is 5. The van der Waals surface area contributed by atoms with Gasteiger partial charge in [-0.2, -0.15) is 5.10 Å². The number of amides is 2. The van der Waals surface area contributed by atoms with E-state index in [1.807, 2.05) is 6.07 Å². The highest BCUT2D eigenvalue weighted by atomic mass is 35.5. The second-order valence-corrected chi connectivity index (χ2v) is 7.65. The third-order valence-electron chi connectivity index (χ3n) is 4.99. The summed E-state index contributed by atoms with van der Waals surface area (Å²) in [6.07, 6.45) is 3.11. The molecule has 160 valence electrons. The summed E-state index contributed by atoms with van der Waals surface area (Å²) in [6.45, 7) is 2.89. The molecule has 2 heterocycles. The average molecular weight is 433 g/mol. The molecule has 30 heavy (non-hydrogen) atoms. The smallest absolute Gasteiger partial charge is 0.310 e. The van der Waals surface area contributed by atoms with E-state index in [-0.39, 0.29) is 35.9 Å². The van der Waals surface area contributed by atoms with Gasteiger partial charge in [0.1, 0.15) is 0 Å². The van der Waals surface area contributed by atoms with Gasteiger partial charge >= 0.3 is 5.97 Å². The van der Waals surface area contributed by atoms with Gasteiger partial charge in [0.2, 0.25) is 5.91 Å². The maximum absolute atomic E-state index is 12.7. The number of carbonyl (C=O) groups excluding carboxylic acids is 3. The first kappa shape index (κ1) is 21.8. The summed E-state index contributed by atoms with van der Waals surface area (Å²) in [5.41, 5.74) is 0.965. The summed E-state index contributed by atoms with van der Waals surface area (Å²) >= 11 is 6.01. The van der Waals surface area contributed by atoms with Gasteiger partial charge in [-0.05, 0) is 44.0 Å². The Morgan fingerprint density at radius 1 is 1.30 bits per heavy atom. The lowest BCUT2D eigenvalue weighted by Gasteiger charge is -2.32. The van der Waals surface area contributed by atoms with E-state index in [4.69, 9.17) is 16.3 Å². The van der Waals surface area contributed by atoms with Crippen LogP contribution in [0, 0.1) is 5.92 Å². The maximum Gasteiger partial charge on any atom is 0.310 e. The van der Waals surface area contributed by atoms with Crippen LogP contribution in [0.4, 0.5) is 0 Å². The predicted octanol–water partition coefficient (Wildman–Crippen LogP) is 2.40. The molecule has 0 aliphatic carbocycles. The Morgan fingerprint density at radius 2 is 2.10 bits per heavy atom. The molecular weight excluding hydrogens is 408 g/mol. The lowest BCUT2D eigenvalue weighted by atomic mass is 9.98. The summed E-state index contributed by atoms with van der Waals surface area (Å²) in [4.78, 5) is 40.3. The Kier molecular flexibility index (Phi) is 7.10. The molecule has 1 fully saturated rings. The van der Waals surface area contributed by atoms with E-state index in [0.29, 0.717) is 31.1 Å². The van der Waals surface area contributed by atoms with E-state index in [2.05, 4.69) is 5.10 Å². The molecule has 0 saturated carbocycles. The van der Waals surface area contributed by atoms with Gasteiger partial charge < -0.3 is 14.5 Å². The van der Waals surface area contributed by atoms with Crippen molar-refractivity contribution in [2.75, 3.05) is 33.3 Å². The van der Waals surface area contributed by atoms with Gasteiger partial charge in [0.05, 0.1) is 24.8 Å². The zero-order valence-electron chi connectivity index (χ0n) is 17.1. The SMILES string of the molecule is CCOC(=O)C1CCCN(C(=O)CN(C)C(=O)c2ccn(-c3cccc(Cl)c3)n2)C1. The molecule has 1 aromatic carbocycles. The van der Waals surface area contributed by atoms with E-state index < -0.39 is 0 Å². The van der Waals surface area contributed by atoms with Gasteiger partial charge in [0.15, 0.2) is 5.69 Å². The Bertz CT molecular complexity index is 929. The van der Waals surface area contributed by atoms with Crippen molar-refractivity contribution < 1.29 is 19.1 Å². The molecule has 1 saturated heterocycles. The highest BCUT2D eigenvalue weighted by Gasteiger charge is 2.30. The van der Waals surface area contributed by atoms with Crippen molar-refractivity contribution in [3.8, 4) is 5.69 Å². The standard InChI is InChI=1S/C21H25ClN4O4/c1-3-30-21(29)15-6-5-10-25(13-15)19(27)14-24(2)20(28)18-9-11-26(23-18)17-8-4-7-16(22)12-17/h4,7-9,11-12,15H,3,5-6,10,13-14H2,1-2H3. The fourth-order valence-corrected chi connectivity index (χ4v) is 3.61. The summed E-state index contributed by atoms with van der Waals surface area (Å²) in [5.74, 6) is -1.14. The lowest BCUT2D eigenvalue weighted by molar-refractivity contribution is -0.151. The Labute approximate surface area is 180 Å². The molecule has 0 bridgehead atoms. The summed E-state index contributed by atoms with van der Waals surface area (Å²) in [6, 6.07) is 8.73. The van der Waals surface area contributed by atoms with Crippen molar-refractivity contribution in [3.63, 3.8) is 0 Å². The molecule has 1 aliphatic heterocycles. The highest BCUT2D eigenvalue weighted by Crippen LogP contribution is 2.19. The topological polar surface area (TPSA) is 84.7 Å². The van der Waals surface area contributed by atoms with E-state index in [0.717, 1.165) is 12.1 Å². The molecule has 8 nitrogen and oxygen atoms in total. The molecule has 9 heteroatoms. The van der Waals surface area contributed by atoms with Crippen LogP contribution in [0.3, 0.4) is 0 Å². The molecule has 0 N–H and O–H groups in total.